The SMILES string of the molecule is COC(=O)N1CC(CCC2(N)CC2)C1. The van der Waals surface area contributed by atoms with E-state index >= 15 is 0 Å². The minimum absolute atomic E-state index is 0.158. The van der Waals surface area contributed by atoms with Gasteiger partial charge in [0.1, 0.15) is 0 Å². The van der Waals surface area contributed by atoms with E-state index in [9.17, 15) is 4.79 Å². The molecule has 1 aliphatic carbocycles. The van der Waals surface area contributed by atoms with Crippen LogP contribution in [-0.4, -0.2) is 36.7 Å². The van der Waals surface area contributed by atoms with Crippen molar-refractivity contribution in [2.45, 2.75) is 31.2 Å². The molecule has 14 heavy (non-hydrogen) atoms. The third-order valence-corrected chi connectivity index (χ3v) is 3.33. The van der Waals surface area contributed by atoms with Gasteiger partial charge in [0.15, 0.2) is 0 Å². The number of likely N-dealkylation sites (tertiary alicyclic amines) is 1. The van der Waals surface area contributed by atoms with Gasteiger partial charge in [-0.2, -0.15) is 0 Å². The van der Waals surface area contributed by atoms with Crippen LogP contribution in [0.4, 0.5) is 4.79 Å². The second-order valence-corrected chi connectivity index (χ2v) is 4.64. The number of hydrogen-bond donors (Lipinski definition) is 1. The van der Waals surface area contributed by atoms with Crippen molar-refractivity contribution in [3.8, 4) is 0 Å². The number of hydrogen-bond acceptors (Lipinski definition) is 3. The van der Waals surface area contributed by atoms with Gasteiger partial charge in [0, 0.05) is 18.6 Å². The standard InChI is InChI=1S/C10H18N2O2/c1-14-9(13)12-6-8(7-12)2-3-10(11)4-5-10/h8H,2-7,11H2,1H3. The highest BCUT2D eigenvalue weighted by Gasteiger charge is 2.40. The topological polar surface area (TPSA) is 55.6 Å². The summed E-state index contributed by atoms with van der Waals surface area (Å²) in [6, 6.07) is 0. The molecular weight excluding hydrogens is 180 g/mol. The van der Waals surface area contributed by atoms with Gasteiger partial charge < -0.3 is 15.4 Å². The average Bonchev–Trinajstić information content (AvgIpc) is 2.81. The lowest BCUT2D eigenvalue weighted by Gasteiger charge is -2.38. The van der Waals surface area contributed by atoms with E-state index in [1.807, 2.05) is 0 Å². The second-order valence-electron chi connectivity index (χ2n) is 4.64. The number of nitrogens with two attached hydrogens (primary N) is 1. The van der Waals surface area contributed by atoms with Crippen LogP contribution in [0.2, 0.25) is 0 Å². The smallest absolute Gasteiger partial charge is 0.409 e. The highest BCUT2D eigenvalue weighted by atomic mass is 16.5. The summed E-state index contributed by atoms with van der Waals surface area (Å²) in [7, 11) is 1.43. The van der Waals surface area contributed by atoms with Crippen LogP contribution < -0.4 is 5.73 Å². The summed E-state index contributed by atoms with van der Waals surface area (Å²) in [6.07, 6.45) is 4.44. The molecule has 0 radical (unpaired) electrons. The summed E-state index contributed by atoms with van der Waals surface area (Å²) >= 11 is 0. The van der Waals surface area contributed by atoms with Gasteiger partial charge >= 0.3 is 6.09 Å². The van der Waals surface area contributed by atoms with Gasteiger partial charge in [0.25, 0.3) is 0 Å². The molecule has 1 amide bonds. The molecule has 1 heterocycles. The average molecular weight is 198 g/mol. The number of carbonyl (C=O) groups excluding carboxylic acids is 1. The highest BCUT2D eigenvalue weighted by Crippen LogP contribution is 2.38. The molecule has 1 aliphatic heterocycles. The van der Waals surface area contributed by atoms with Crippen LogP contribution in [-0.2, 0) is 4.74 Å². The number of ether oxygens (including phenoxy) is 1. The Morgan fingerprint density at radius 1 is 1.57 bits per heavy atom. The van der Waals surface area contributed by atoms with Crippen LogP contribution in [0.3, 0.4) is 0 Å². The molecule has 2 fully saturated rings. The van der Waals surface area contributed by atoms with Crippen molar-refractivity contribution >= 4 is 6.09 Å². The summed E-state index contributed by atoms with van der Waals surface area (Å²) in [4.78, 5) is 12.8. The largest absolute Gasteiger partial charge is 0.453 e. The van der Waals surface area contributed by atoms with E-state index in [-0.39, 0.29) is 11.6 Å². The minimum Gasteiger partial charge on any atom is -0.453 e. The lowest BCUT2D eigenvalue weighted by atomic mass is 9.92. The minimum atomic E-state index is -0.199. The fraction of sp³-hybridized carbons (Fsp3) is 0.900. The Labute approximate surface area is 84.4 Å². The van der Waals surface area contributed by atoms with Crippen LogP contribution in [0.15, 0.2) is 0 Å². The van der Waals surface area contributed by atoms with Gasteiger partial charge in [0.05, 0.1) is 7.11 Å². The maximum Gasteiger partial charge on any atom is 0.409 e. The number of rotatable bonds is 3. The number of carbonyl (C=O) groups is 1. The first-order valence-electron chi connectivity index (χ1n) is 5.25. The van der Waals surface area contributed by atoms with Crippen LogP contribution in [0.25, 0.3) is 0 Å². The molecule has 0 aromatic carbocycles. The molecule has 0 aromatic heterocycles. The fourth-order valence-corrected chi connectivity index (χ4v) is 1.93. The number of nitrogens with zero attached hydrogens (tertiary/aromatic N) is 1. The van der Waals surface area contributed by atoms with Gasteiger partial charge in [-0.1, -0.05) is 0 Å². The van der Waals surface area contributed by atoms with Crippen molar-refractivity contribution in [1.29, 1.82) is 0 Å². The van der Waals surface area contributed by atoms with E-state index in [1.165, 1.54) is 20.0 Å². The maximum absolute atomic E-state index is 11.0. The Balaban J connectivity index is 1.61. The first-order valence-corrected chi connectivity index (χ1v) is 5.25. The van der Waals surface area contributed by atoms with Gasteiger partial charge in [-0.25, -0.2) is 4.79 Å². The van der Waals surface area contributed by atoms with E-state index in [4.69, 9.17) is 5.73 Å². The molecule has 2 aliphatic rings. The van der Waals surface area contributed by atoms with E-state index in [1.54, 1.807) is 4.90 Å². The van der Waals surface area contributed by atoms with Crippen molar-refractivity contribution in [3.05, 3.63) is 0 Å². The molecular formula is C10H18N2O2. The third kappa shape index (κ3) is 2.00. The molecule has 0 spiro atoms. The predicted octanol–water partition coefficient (Wildman–Crippen LogP) is 0.956. The van der Waals surface area contributed by atoms with E-state index < -0.39 is 0 Å². The van der Waals surface area contributed by atoms with E-state index in [0.717, 1.165) is 25.9 Å². The lowest BCUT2D eigenvalue weighted by Crippen LogP contribution is -2.50. The summed E-state index contributed by atoms with van der Waals surface area (Å²) in [5, 5.41) is 0. The molecule has 0 bridgehead atoms. The van der Waals surface area contributed by atoms with E-state index in [2.05, 4.69) is 4.74 Å². The van der Waals surface area contributed by atoms with Crippen LogP contribution in [0.5, 0.6) is 0 Å². The van der Waals surface area contributed by atoms with Gasteiger partial charge in [0.2, 0.25) is 0 Å². The zero-order chi connectivity index (χ0) is 10.2. The molecule has 0 atom stereocenters. The Morgan fingerprint density at radius 3 is 2.71 bits per heavy atom. The van der Waals surface area contributed by atoms with Gasteiger partial charge in [-0.05, 0) is 31.6 Å². The first kappa shape index (κ1) is 9.77. The van der Waals surface area contributed by atoms with Gasteiger partial charge in [-0.3, -0.25) is 0 Å². The van der Waals surface area contributed by atoms with E-state index in [0.29, 0.717) is 5.92 Å². The zero-order valence-corrected chi connectivity index (χ0v) is 8.66. The lowest BCUT2D eigenvalue weighted by molar-refractivity contribution is 0.0632. The molecule has 2 N–H and O–H groups in total. The summed E-state index contributed by atoms with van der Waals surface area (Å²) in [5.41, 5.74) is 6.15. The Bertz CT molecular complexity index is 232. The van der Waals surface area contributed by atoms with Crippen LogP contribution in [0.1, 0.15) is 25.7 Å². The predicted molar refractivity (Wildman–Crippen MR) is 52.9 cm³/mol. The van der Waals surface area contributed by atoms with Crippen molar-refractivity contribution < 1.29 is 9.53 Å². The zero-order valence-electron chi connectivity index (χ0n) is 8.66. The normalized spacial score (nSPS) is 24.3. The molecule has 2 rings (SSSR count). The molecule has 0 aromatic rings. The second kappa shape index (κ2) is 3.42. The van der Waals surface area contributed by atoms with Crippen LogP contribution >= 0.6 is 0 Å². The Kier molecular flexibility index (Phi) is 2.39. The summed E-state index contributed by atoms with van der Waals surface area (Å²) < 4.78 is 4.62. The van der Waals surface area contributed by atoms with Gasteiger partial charge in [-0.15, -0.1) is 0 Å². The Morgan fingerprint density at radius 2 is 2.21 bits per heavy atom. The molecule has 4 nitrogen and oxygen atoms in total. The monoisotopic (exact) mass is 198 g/mol. The molecule has 1 saturated heterocycles. The molecule has 4 heteroatoms. The number of methoxy groups -OCH3 is 1. The first-order chi connectivity index (χ1) is 6.63. The maximum atomic E-state index is 11.0. The molecule has 80 valence electrons. The highest BCUT2D eigenvalue weighted by molar-refractivity contribution is 5.68. The van der Waals surface area contributed by atoms with Crippen molar-refractivity contribution in [2.24, 2.45) is 11.7 Å². The van der Waals surface area contributed by atoms with Crippen molar-refractivity contribution in [3.63, 3.8) is 0 Å². The molecule has 0 unspecified atom stereocenters. The quantitative estimate of drug-likeness (QED) is 0.734. The van der Waals surface area contributed by atoms with Crippen LogP contribution in [0, 0.1) is 5.92 Å². The summed E-state index contributed by atoms with van der Waals surface area (Å²) in [6.45, 7) is 1.70. The van der Waals surface area contributed by atoms with Crippen molar-refractivity contribution in [1.82, 2.24) is 4.90 Å². The fourth-order valence-electron chi connectivity index (χ4n) is 1.93. The molecule has 1 saturated carbocycles. The Hall–Kier alpha value is -0.770. The number of amides is 1. The third-order valence-electron chi connectivity index (χ3n) is 3.33. The summed E-state index contributed by atoms with van der Waals surface area (Å²) in [5.74, 6) is 0.648. The van der Waals surface area contributed by atoms with Crippen molar-refractivity contribution in [2.75, 3.05) is 20.2 Å².